The second-order valence-corrected chi connectivity index (χ2v) is 5.31. The topological polar surface area (TPSA) is 64.8 Å². The molecule has 0 aromatic rings. The van der Waals surface area contributed by atoms with Crippen molar-refractivity contribution in [2.75, 3.05) is 32.8 Å². The summed E-state index contributed by atoms with van der Waals surface area (Å²) in [5.41, 5.74) is 5.34. The van der Waals surface area contributed by atoms with E-state index in [2.05, 4.69) is 0 Å². The molecule has 5 heteroatoms. The summed E-state index contributed by atoms with van der Waals surface area (Å²) in [6, 6.07) is 0. The Hall–Kier alpha value is -0.650. The van der Waals surface area contributed by atoms with Gasteiger partial charge < -0.3 is 20.1 Å². The van der Waals surface area contributed by atoms with Crippen molar-refractivity contribution in [3.8, 4) is 0 Å². The number of ether oxygens (including phenoxy) is 2. The first kappa shape index (κ1) is 15.4. The molecule has 1 fully saturated rings. The summed E-state index contributed by atoms with van der Waals surface area (Å²) in [6.45, 7) is 8.99. The van der Waals surface area contributed by atoms with Crippen molar-refractivity contribution < 1.29 is 14.3 Å². The third-order valence-corrected chi connectivity index (χ3v) is 2.98. The molecule has 106 valence electrons. The lowest BCUT2D eigenvalue weighted by atomic mass is 10.0. The van der Waals surface area contributed by atoms with Crippen molar-refractivity contribution in [1.82, 2.24) is 4.90 Å². The van der Waals surface area contributed by atoms with Gasteiger partial charge in [-0.25, -0.2) is 0 Å². The highest BCUT2D eigenvalue weighted by molar-refractivity contribution is 5.76. The minimum absolute atomic E-state index is 0.0513. The van der Waals surface area contributed by atoms with Crippen molar-refractivity contribution in [3.63, 3.8) is 0 Å². The highest BCUT2D eigenvalue weighted by atomic mass is 16.5. The summed E-state index contributed by atoms with van der Waals surface area (Å²) in [4.78, 5) is 14.0. The minimum Gasteiger partial charge on any atom is -0.382 e. The van der Waals surface area contributed by atoms with E-state index in [1.807, 2.05) is 25.7 Å². The van der Waals surface area contributed by atoms with E-state index in [1.54, 1.807) is 0 Å². The fourth-order valence-corrected chi connectivity index (χ4v) is 2.24. The number of rotatable bonds is 6. The van der Waals surface area contributed by atoms with Crippen LogP contribution in [0.5, 0.6) is 0 Å². The van der Waals surface area contributed by atoms with Crippen LogP contribution in [0, 0.1) is 0 Å². The lowest BCUT2D eigenvalue weighted by molar-refractivity contribution is -0.159. The molecule has 0 bridgehead atoms. The van der Waals surface area contributed by atoms with Gasteiger partial charge in [-0.05, 0) is 27.2 Å². The first-order valence-corrected chi connectivity index (χ1v) is 6.72. The Morgan fingerprint density at radius 1 is 1.56 bits per heavy atom. The molecule has 1 unspecified atom stereocenters. The van der Waals surface area contributed by atoms with Gasteiger partial charge in [0, 0.05) is 39.3 Å². The van der Waals surface area contributed by atoms with Gasteiger partial charge in [-0.1, -0.05) is 0 Å². The first-order valence-electron chi connectivity index (χ1n) is 6.72. The molecular weight excluding hydrogens is 232 g/mol. The second kappa shape index (κ2) is 7.07. The maximum Gasteiger partial charge on any atom is 0.222 e. The van der Waals surface area contributed by atoms with Gasteiger partial charge in [-0.3, -0.25) is 4.79 Å². The largest absolute Gasteiger partial charge is 0.382 e. The lowest BCUT2D eigenvalue weighted by Gasteiger charge is -2.42. The number of carbonyl (C=O) groups is 1. The summed E-state index contributed by atoms with van der Waals surface area (Å²) < 4.78 is 11.0. The number of hydrogen-bond acceptors (Lipinski definition) is 4. The Morgan fingerprint density at radius 2 is 2.28 bits per heavy atom. The van der Waals surface area contributed by atoms with Crippen LogP contribution in [0.4, 0.5) is 0 Å². The van der Waals surface area contributed by atoms with E-state index in [0.717, 1.165) is 6.42 Å². The van der Waals surface area contributed by atoms with Crippen molar-refractivity contribution in [2.24, 2.45) is 5.73 Å². The lowest BCUT2D eigenvalue weighted by Crippen LogP contribution is -2.56. The Morgan fingerprint density at radius 3 is 2.89 bits per heavy atom. The zero-order valence-electron chi connectivity index (χ0n) is 11.8. The molecule has 1 aliphatic rings. The highest BCUT2D eigenvalue weighted by Crippen LogP contribution is 2.21. The van der Waals surface area contributed by atoms with Gasteiger partial charge in [0.05, 0.1) is 11.7 Å². The molecule has 5 nitrogen and oxygen atoms in total. The highest BCUT2D eigenvalue weighted by Gasteiger charge is 2.34. The molecule has 1 heterocycles. The predicted molar refractivity (Wildman–Crippen MR) is 70.3 cm³/mol. The van der Waals surface area contributed by atoms with E-state index < -0.39 is 0 Å². The zero-order valence-corrected chi connectivity index (χ0v) is 11.8. The molecule has 1 amide bonds. The molecule has 1 rings (SSSR count). The van der Waals surface area contributed by atoms with Crippen molar-refractivity contribution >= 4 is 5.91 Å². The predicted octanol–water partition coefficient (Wildman–Crippen LogP) is 0.768. The van der Waals surface area contributed by atoms with Gasteiger partial charge >= 0.3 is 0 Å². The van der Waals surface area contributed by atoms with Crippen LogP contribution >= 0.6 is 0 Å². The fourth-order valence-electron chi connectivity index (χ4n) is 2.24. The molecule has 0 aromatic heterocycles. The molecule has 1 saturated heterocycles. The average molecular weight is 258 g/mol. The monoisotopic (exact) mass is 258 g/mol. The first-order chi connectivity index (χ1) is 8.48. The van der Waals surface area contributed by atoms with E-state index in [4.69, 9.17) is 15.2 Å². The summed E-state index contributed by atoms with van der Waals surface area (Å²) in [7, 11) is 0. The molecular formula is C13H26N2O3. The molecule has 0 radical (unpaired) electrons. The summed E-state index contributed by atoms with van der Waals surface area (Å²) in [5.74, 6) is 0.171. The molecule has 0 saturated carbocycles. The van der Waals surface area contributed by atoms with Crippen LogP contribution in [-0.2, 0) is 14.3 Å². The van der Waals surface area contributed by atoms with E-state index in [-0.39, 0.29) is 17.6 Å². The van der Waals surface area contributed by atoms with Crippen LogP contribution in [0.25, 0.3) is 0 Å². The van der Waals surface area contributed by atoms with Crippen LogP contribution in [0.15, 0.2) is 0 Å². The van der Waals surface area contributed by atoms with E-state index >= 15 is 0 Å². The van der Waals surface area contributed by atoms with Gasteiger partial charge in [0.2, 0.25) is 5.91 Å². The van der Waals surface area contributed by atoms with E-state index in [1.165, 1.54) is 0 Å². The van der Waals surface area contributed by atoms with Crippen LogP contribution in [0.1, 0.15) is 33.6 Å². The number of hydrogen-bond donors (Lipinski definition) is 1. The number of amides is 1. The number of nitrogens with two attached hydrogens (primary N) is 1. The summed E-state index contributed by atoms with van der Waals surface area (Å²) in [5, 5.41) is 0. The molecule has 1 aliphatic heterocycles. The quantitative estimate of drug-likeness (QED) is 0.715. The standard InChI is InChI=1S/C13H26N2O3/c1-4-17-7-5-6-12(16)15-9-11(8-14)18-13(2,3)10-15/h11H,4-10,14H2,1-3H3. The Labute approximate surface area is 110 Å². The molecule has 0 aliphatic carbocycles. The fraction of sp³-hybridized carbons (Fsp3) is 0.923. The SMILES string of the molecule is CCOCCCC(=O)N1CC(CN)OC(C)(C)C1. The van der Waals surface area contributed by atoms with Crippen LogP contribution in [0.2, 0.25) is 0 Å². The van der Waals surface area contributed by atoms with Crippen molar-refractivity contribution in [2.45, 2.75) is 45.3 Å². The van der Waals surface area contributed by atoms with Gasteiger partial charge in [-0.2, -0.15) is 0 Å². The third-order valence-electron chi connectivity index (χ3n) is 2.98. The van der Waals surface area contributed by atoms with Crippen molar-refractivity contribution in [1.29, 1.82) is 0 Å². The van der Waals surface area contributed by atoms with E-state index in [9.17, 15) is 4.79 Å². The van der Waals surface area contributed by atoms with E-state index in [0.29, 0.717) is 39.3 Å². The maximum absolute atomic E-state index is 12.1. The molecule has 18 heavy (non-hydrogen) atoms. The van der Waals surface area contributed by atoms with Crippen molar-refractivity contribution in [3.05, 3.63) is 0 Å². The number of nitrogens with zero attached hydrogens (tertiary/aromatic N) is 1. The average Bonchev–Trinajstić information content (AvgIpc) is 2.32. The van der Waals surface area contributed by atoms with Gasteiger partial charge in [0.1, 0.15) is 0 Å². The molecule has 1 atom stereocenters. The Bertz CT molecular complexity index is 269. The normalized spacial score (nSPS) is 23.1. The number of morpholine rings is 1. The van der Waals surface area contributed by atoms with Crippen LogP contribution in [-0.4, -0.2) is 55.4 Å². The zero-order chi connectivity index (χ0) is 13.6. The van der Waals surface area contributed by atoms with Crippen LogP contribution < -0.4 is 5.73 Å². The summed E-state index contributed by atoms with van der Waals surface area (Å²) >= 11 is 0. The smallest absolute Gasteiger partial charge is 0.222 e. The molecule has 2 N–H and O–H groups in total. The molecule has 0 spiro atoms. The Balaban J connectivity index is 2.41. The molecule has 0 aromatic carbocycles. The minimum atomic E-state index is -0.308. The van der Waals surface area contributed by atoms with Crippen LogP contribution in [0.3, 0.4) is 0 Å². The second-order valence-electron chi connectivity index (χ2n) is 5.31. The third kappa shape index (κ3) is 4.92. The summed E-state index contributed by atoms with van der Waals surface area (Å²) in [6.07, 6.45) is 1.26. The van der Waals surface area contributed by atoms with Gasteiger partial charge in [0.15, 0.2) is 0 Å². The van der Waals surface area contributed by atoms with Gasteiger partial charge in [0.25, 0.3) is 0 Å². The maximum atomic E-state index is 12.1. The number of carbonyl (C=O) groups excluding carboxylic acids is 1. The van der Waals surface area contributed by atoms with Gasteiger partial charge in [-0.15, -0.1) is 0 Å². The Kier molecular flexibility index (Phi) is 6.05.